The minimum absolute atomic E-state index is 0.00731. The first-order valence-corrected chi connectivity index (χ1v) is 7.77. The van der Waals surface area contributed by atoms with Crippen LogP contribution in [0.1, 0.15) is 42.7 Å². The van der Waals surface area contributed by atoms with E-state index in [1.54, 1.807) is 13.8 Å². The van der Waals surface area contributed by atoms with Crippen LogP contribution in [0, 0.1) is 6.92 Å². The fourth-order valence-corrected chi connectivity index (χ4v) is 3.27. The molecule has 0 spiro atoms. The molecule has 4 nitrogen and oxygen atoms in total. The topological polar surface area (TPSA) is 53.4 Å². The van der Waals surface area contributed by atoms with Gasteiger partial charge in [-0.15, -0.1) is 0 Å². The second kappa shape index (κ2) is 5.36. The van der Waals surface area contributed by atoms with E-state index in [1.807, 2.05) is 42.2 Å². The molecule has 2 aromatic rings. The van der Waals surface area contributed by atoms with Gasteiger partial charge in [0.1, 0.15) is 0 Å². The monoisotopic (exact) mass is 298 g/mol. The van der Waals surface area contributed by atoms with Gasteiger partial charge in [-0.3, -0.25) is 9.78 Å². The third kappa shape index (κ3) is 2.71. The Morgan fingerprint density at radius 1 is 1.32 bits per heavy atom. The molecule has 2 heterocycles. The maximum atomic E-state index is 12.8. The molecule has 3 rings (SSSR count). The van der Waals surface area contributed by atoms with Gasteiger partial charge in [-0.1, -0.05) is 6.07 Å². The summed E-state index contributed by atoms with van der Waals surface area (Å²) in [6, 6.07) is 9.44. The number of carbonyl (C=O) groups excluding carboxylic acids is 1. The van der Waals surface area contributed by atoms with Gasteiger partial charge >= 0.3 is 0 Å². The lowest BCUT2D eigenvalue weighted by Crippen LogP contribution is -2.48. The number of pyridine rings is 1. The number of carbonyl (C=O) groups is 1. The zero-order valence-electron chi connectivity index (χ0n) is 13.3. The van der Waals surface area contributed by atoms with E-state index in [2.05, 4.69) is 4.98 Å². The number of rotatable bonds is 2. The van der Waals surface area contributed by atoms with Gasteiger partial charge in [-0.05, 0) is 57.9 Å². The molecule has 0 saturated carbocycles. The molecule has 1 atom stereocenters. The Morgan fingerprint density at radius 3 is 2.82 bits per heavy atom. The molecule has 1 aliphatic rings. The summed E-state index contributed by atoms with van der Waals surface area (Å²) >= 11 is 0. The summed E-state index contributed by atoms with van der Waals surface area (Å²) in [5, 5.41) is 11.3. The van der Waals surface area contributed by atoms with E-state index >= 15 is 0 Å². The molecule has 22 heavy (non-hydrogen) atoms. The maximum absolute atomic E-state index is 12.8. The van der Waals surface area contributed by atoms with Crippen LogP contribution in [-0.2, 0) is 0 Å². The predicted octanol–water partition coefficient (Wildman–Crippen LogP) is 2.92. The summed E-state index contributed by atoms with van der Waals surface area (Å²) in [6.07, 6.45) is 1.79. The van der Waals surface area contributed by atoms with Gasteiger partial charge in [0, 0.05) is 23.2 Å². The molecule has 0 aliphatic carbocycles. The normalized spacial score (nSPS) is 18.9. The molecule has 1 aromatic heterocycles. The Hall–Kier alpha value is -1.94. The van der Waals surface area contributed by atoms with E-state index in [-0.39, 0.29) is 11.9 Å². The van der Waals surface area contributed by atoms with Crippen LogP contribution >= 0.6 is 0 Å². The van der Waals surface area contributed by atoms with Crippen LogP contribution in [-0.4, -0.2) is 39.1 Å². The van der Waals surface area contributed by atoms with Crippen molar-refractivity contribution in [3.63, 3.8) is 0 Å². The van der Waals surface area contributed by atoms with Crippen LogP contribution in [0.5, 0.6) is 0 Å². The Labute approximate surface area is 130 Å². The molecule has 1 fully saturated rings. The minimum atomic E-state index is -0.873. The first kappa shape index (κ1) is 15.0. The van der Waals surface area contributed by atoms with E-state index in [0.717, 1.165) is 29.4 Å². The molecule has 0 bridgehead atoms. The fourth-order valence-electron chi connectivity index (χ4n) is 3.27. The third-order valence-corrected chi connectivity index (χ3v) is 4.40. The smallest absolute Gasteiger partial charge is 0.254 e. The lowest BCUT2D eigenvalue weighted by Gasteiger charge is -2.33. The van der Waals surface area contributed by atoms with Crippen LogP contribution in [0.25, 0.3) is 10.9 Å². The van der Waals surface area contributed by atoms with Gasteiger partial charge in [-0.2, -0.15) is 0 Å². The van der Waals surface area contributed by atoms with Crippen molar-refractivity contribution >= 4 is 16.8 Å². The highest BCUT2D eigenvalue weighted by Gasteiger charge is 2.38. The molecule has 1 N–H and O–H groups in total. The van der Waals surface area contributed by atoms with Crippen molar-refractivity contribution in [2.75, 3.05) is 6.54 Å². The fraction of sp³-hybridized carbons (Fsp3) is 0.444. The Bertz CT molecular complexity index is 719. The van der Waals surface area contributed by atoms with E-state index in [0.29, 0.717) is 12.1 Å². The van der Waals surface area contributed by atoms with Crippen molar-refractivity contribution in [3.8, 4) is 0 Å². The first-order chi connectivity index (χ1) is 10.4. The van der Waals surface area contributed by atoms with Gasteiger partial charge in [0.25, 0.3) is 5.91 Å². The molecule has 116 valence electrons. The van der Waals surface area contributed by atoms with Crippen molar-refractivity contribution < 1.29 is 9.90 Å². The zero-order valence-corrected chi connectivity index (χ0v) is 13.3. The number of hydrogen-bond acceptors (Lipinski definition) is 3. The zero-order chi connectivity index (χ0) is 15.9. The molecule has 1 aliphatic heterocycles. The summed E-state index contributed by atoms with van der Waals surface area (Å²) in [4.78, 5) is 19.1. The number of aryl methyl sites for hydroxylation is 1. The predicted molar refractivity (Wildman–Crippen MR) is 86.8 cm³/mol. The number of likely N-dealkylation sites (tertiary alicyclic amines) is 1. The number of hydrogen-bond donors (Lipinski definition) is 1. The molecule has 0 unspecified atom stereocenters. The lowest BCUT2D eigenvalue weighted by atomic mass is 9.96. The van der Waals surface area contributed by atoms with Gasteiger partial charge in [0.15, 0.2) is 0 Å². The average Bonchev–Trinajstić information content (AvgIpc) is 2.95. The van der Waals surface area contributed by atoms with E-state index < -0.39 is 5.60 Å². The highest BCUT2D eigenvalue weighted by Crippen LogP contribution is 2.28. The van der Waals surface area contributed by atoms with Crippen LogP contribution in [0.2, 0.25) is 0 Å². The number of amides is 1. The van der Waals surface area contributed by atoms with Gasteiger partial charge in [-0.25, -0.2) is 0 Å². The Morgan fingerprint density at radius 2 is 2.09 bits per heavy atom. The maximum Gasteiger partial charge on any atom is 0.254 e. The molecule has 1 aromatic carbocycles. The first-order valence-electron chi connectivity index (χ1n) is 7.77. The third-order valence-electron chi connectivity index (χ3n) is 4.40. The van der Waals surface area contributed by atoms with Crippen LogP contribution in [0.3, 0.4) is 0 Å². The summed E-state index contributed by atoms with van der Waals surface area (Å²) in [7, 11) is 0. The number of aromatic nitrogens is 1. The standard InChI is InChI=1S/C18H22N2O2/c1-12-6-7-13-11-14(8-9-15(13)19-12)17(21)20-10-4-5-16(20)18(2,3)22/h6-9,11,16,22H,4-5,10H2,1-3H3/t16-/m1/s1. The molecular formula is C18H22N2O2. The summed E-state index contributed by atoms with van der Waals surface area (Å²) < 4.78 is 0. The minimum Gasteiger partial charge on any atom is -0.388 e. The summed E-state index contributed by atoms with van der Waals surface area (Å²) in [5.74, 6) is -0.00731. The van der Waals surface area contributed by atoms with Crippen LogP contribution in [0.15, 0.2) is 30.3 Å². The van der Waals surface area contributed by atoms with Crippen molar-refractivity contribution in [1.82, 2.24) is 9.88 Å². The van der Waals surface area contributed by atoms with Gasteiger partial charge in [0.05, 0.1) is 17.2 Å². The quantitative estimate of drug-likeness (QED) is 0.927. The number of nitrogens with zero attached hydrogens (tertiary/aromatic N) is 2. The van der Waals surface area contributed by atoms with E-state index in [4.69, 9.17) is 0 Å². The van der Waals surface area contributed by atoms with Crippen molar-refractivity contribution in [1.29, 1.82) is 0 Å². The number of aliphatic hydroxyl groups is 1. The number of fused-ring (bicyclic) bond motifs is 1. The molecule has 0 radical (unpaired) electrons. The van der Waals surface area contributed by atoms with E-state index in [9.17, 15) is 9.90 Å². The Kier molecular flexibility index (Phi) is 3.65. The molecule has 1 amide bonds. The number of benzene rings is 1. The molecule has 4 heteroatoms. The van der Waals surface area contributed by atoms with E-state index in [1.165, 1.54) is 0 Å². The van der Waals surface area contributed by atoms with Crippen molar-refractivity contribution in [2.24, 2.45) is 0 Å². The summed E-state index contributed by atoms with van der Waals surface area (Å²) in [6.45, 7) is 6.21. The second-order valence-electron chi connectivity index (χ2n) is 6.67. The second-order valence-corrected chi connectivity index (χ2v) is 6.67. The Balaban J connectivity index is 1.93. The molecule has 1 saturated heterocycles. The van der Waals surface area contributed by atoms with Crippen molar-refractivity contribution in [2.45, 2.75) is 45.3 Å². The SMILES string of the molecule is Cc1ccc2cc(C(=O)N3CCC[C@@H]3C(C)(C)O)ccc2n1. The highest BCUT2D eigenvalue weighted by molar-refractivity contribution is 5.98. The van der Waals surface area contributed by atoms with Crippen LogP contribution in [0.4, 0.5) is 0 Å². The lowest BCUT2D eigenvalue weighted by molar-refractivity contribution is 0.000343. The van der Waals surface area contributed by atoms with Crippen LogP contribution < -0.4 is 0 Å². The average molecular weight is 298 g/mol. The highest BCUT2D eigenvalue weighted by atomic mass is 16.3. The van der Waals surface area contributed by atoms with Gasteiger partial charge in [0.2, 0.25) is 0 Å². The molecular weight excluding hydrogens is 276 g/mol. The largest absolute Gasteiger partial charge is 0.388 e. The summed E-state index contributed by atoms with van der Waals surface area (Å²) in [5.41, 5.74) is 1.65. The van der Waals surface area contributed by atoms with Gasteiger partial charge < -0.3 is 10.0 Å². The van der Waals surface area contributed by atoms with Crippen molar-refractivity contribution in [3.05, 3.63) is 41.6 Å².